The summed E-state index contributed by atoms with van der Waals surface area (Å²) in [5, 5.41) is 3.92. The number of hydrogen-bond donors (Lipinski definition) is 1. The van der Waals surface area contributed by atoms with Crippen molar-refractivity contribution in [3.63, 3.8) is 0 Å². The molecule has 0 aliphatic carbocycles. The van der Waals surface area contributed by atoms with Crippen molar-refractivity contribution in [3.05, 3.63) is 53.5 Å². The van der Waals surface area contributed by atoms with Crippen LogP contribution in [0.15, 0.2) is 51.0 Å². The summed E-state index contributed by atoms with van der Waals surface area (Å²) in [5.74, 6) is 0.306. The fourth-order valence-electron chi connectivity index (χ4n) is 1.54. The van der Waals surface area contributed by atoms with Crippen molar-refractivity contribution in [1.82, 2.24) is 5.43 Å². The fraction of sp³-hybridized carbons (Fsp3) is 0.143. The molecule has 0 saturated heterocycles. The van der Waals surface area contributed by atoms with Gasteiger partial charge in [0.15, 0.2) is 0 Å². The van der Waals surface area contributed by atoms with Crippen molar-refractivity contribution < 1.29 is 9.21 Å². The molecule has 0 saturated carbocycles. The largest absolute Gasteiger partial charge is 0.469 e. The predicted molar refractivity (Wildman–Crippen MR) is 76.7 cm³/mol. The molecule has 0 fully saturated rings. The lowest BCUT2D eigenvalue weighted by Gasteiger charge is -1.98. The maximum Gasteiger partial charge on any atom is 0.274 e. The molecule has 1 heterocycles. The molecule has 1 amide bonds. The number of hydrazone groups is 1. The van der Waals surface area contributed by atoms with Crippen LogP contribution in [0.25, 0.3) is 0 Å². The summed E-state index contributed by atoms with van der Waals surface area (Å²) in [7, 11) is 0. The number of carbonyl (C=O) groups excluding carboxylic acids is 1. The van der Waals surface area contributed by atoms with Gasteiger partial charge >= 0.3 is 0 Å². The maximum absolute atomic E-state index is 11.7. The molecular weight excluding hydrogens is 260 g/mol. The number of carbonyl (C=O) groups is 1. The van der Waals surface area contributed by atoms with Gasteiger partial charge in [0.1, 0.15) is 5.76 Å². The molecule has 1 aromatic heterocycles. The van der Waals surface area contributed by atoms with E-state index < -0.39 is 0 Å². The van der Waals surface area contributed by atoms with Gasteiger partial charge in [-0.2, -0.15) is 5.10 Å². The third-order valence-corrected chi connectivity index (χ3v) is 3.34. The van der Waals surface area contributed by atoms with E-state index in [-0.39, 0.29) is 5.91 Å². The zero-order valence-corrected chi connectivity index (χ0v) is 11.5. The zero-order valence-electron chi connectivity index (χ0n) is 10.7. The monoisotopic (exact) mass is 274 g/mol. The molecule has 98 valence electrons. The van der Waals surface area contributed by atoms with Crippen LogP contribution < -0.4 is 5.43 Å². The number of amides is 1. The van der Waals surface area contributed by atoms with E-state index in [2.05, 4.69) is 10.5 Å². The highest BCUT2D eigenvalue weighted by atomic mass is 32.2. The first-order chi connectivity index (χ1) is 9.20. The standard InChI is InChI=1S/C14H14N2O2S/c1-10-13(7-8-18-10)14(17)16-15-9-11-3-5-12(19-2)6-4-11/h3-9H,1-2H3,(H,16,17)/b15-9+. The van der Waals surface area contributed by atoms with Crippen molar-refractivity contribution >= 4 is 23.9 Å². The van der Waals surface area contributed by atoms with E-state index in [0.717, 1.165) is 5.56 Å². The number of benzene rings is 1. The minimum atomic E-state index is -0.275. The van der Waals surface area contributed by atoms with Crippen LogP contribution in [0.4, 0.5) is 0 Å². The SMILES string of the molecule is CSc1ccc(/C=N/NC(=O)c2ccoc2C)cc1. The van der Waals surface area contributed by atoms with Crippen LogP contribution in [-0.2, 0) is 0 Å². The van der Waals surface area contributed by atoms with Gasteiger partial charge in [0.05, 0.1) is 18.0 Å². The van der Waals surface area contributed by atoms with E-state index in [4.69, 9.17) is 4.42 Å². The molecule has 19 heavy (non-hydrogen) atoms. The second-order valence-corrected chi connectivity index (χ2v) is 4.74. The maximum atomic E-state index is 11.7. The summed E-state index contributed by atoms with van der Waals surface area (Å²) in [4.78, 5) is 12.9. The zero-order chi connectivity index (χ0) is 13.7. The Labute approximate surface area is 115 Å². The highest BCUT2D eigenvalue weighted by molar-refractivity contribution is 7.98. The molecule has 2 aromatic rings. The molecular formula is C14H14N2O2S. The second kappa shape index (κ2) is 6.24. The summed E-state index contributed by atoms with van der Waals surface area (Å²) < 4.78 is 5.06. The van der Waals surface area contributed by atoms with Crippen molar-refractivity contribution in [2.24, 2.45) is 5.10 Å². The predicted octanol–water partition coefficient (Wildman–Crippen LogP) is 3.07. The van der Waals surface area contributed by atoms with Gasteiger partial charge in [-0.15, -0.1) is 11.8 Å². The molecule has 1 N–H and O–H groups in total. The normalized spacial score (nSPS) is 10.8. The smallest absolute Gasteiger partial charge is 0.274 e. The van der Waals surface area contributed by atoms with Crippen molar-refractivity contribution in [2.75, 3.05) is 6.26 Å². The first kappa shape index (κ1) is 13.4. The minimum absolute atomic E-state index is 0.275. The molecule has 1 aromatic carbocycles. The Morgan fingerprint density at radius 2 is 2.05 bits per heavy atom. The Morgan fingerprint density at radius 3 is 2.63 bits per heavy atom. The average Bonchev–Trinajstić information content (AvgIpc) is 2.86. The summed E-state index contributed by atoms with van der Waals surface area (Å²) in [6.07, 6.45) is 5.11. The lowest BCUT2D eigenvalue weighted by Crippen LogP contribution is -2.17. The summed E-state index contributed by atoms with van der Waals surface area (Å²) in [6.45, 7) is 1.74. The second-order valence-electron chi connectivity index (χ2n) is 3.86. The molecule has 0 spiro atoms. The van der Waals surface area contributed by atoms with E-state index in [1.165, 1.54) is 11.2 Å². The molecule has 5 heteroatoms. The fourth-order valence-corrected chi connectivity index (χ4v) is 1.94. The first-order valence-corrected chi connectivity index (χ1v) is 6.94. The average molecular weight is 274 g/mol. The summed E-state index contributed by atoms with van der Waals surface area (Å²) >= 11 is 1.68. The third-order valence-electron chi connectivity index (χ3n) is 2.60. The minimum Gasteiger partial charge on any atom is -0.469 e. The topological polar surface area (TPSA) is 54.6 Å². The van der Waals surface area contributed by atoms with E-state index in [0.29, 0.717) is 11.3 Å². The van der Waals surface area contributed by atoms with E-state index in [9.17, 15) is 4.79 Å². The number of furan rings is 1. The number of nitrogens with zero attached hydrogens (tertiary/aromatic N) is 1. The van der Waals surface area contributed by atoms with Crippen LogP contribution in [0.2, 0.25) is 0 Å². The van der Waals surface area contributed by atoms with E-state index in [1.54, 1.807) is 31.0 Å². The molecule has 0 radical (unpaired) electrons. The van der Waals surface area contributed by atoms with Crippen LogP contribution in [-0.4, -0.2) is 18.4 Å². The molecule has 4 nitrogen and oxygen atoms in total. The Balaban J connectivity index is 1.96. The number of aryl methyl sites for hydroxylation is 1. The van der Waals surface area contributed by atoms with Gasteiger partial charge < -0.3 is 4.42 Å². The lowest BCUT2D eigenvalue weighted by molar-refractivity contribution is 0.0953. The van der Waals surface area contributed by atoms with Crippen LogP contribution in [0.5, 0.6) is 0 Å². The number of hydrogen-bond acceptors (Lipinski definition) is 4. The van der Waals surface area contributed by atoms with Crippen LogP contribution in [0.3, 0.4) is 0 Å². The Bertz CT molecular complexity index is 588. The van der Waals surface area contributed by atoms with Crippen LogP contribution >= 0.6 is 11.8 Å². The van der Waals surface area contributed by atoms with Gasteiger partial charge in [0, 0.05) is 4.90 Å². The quantitative estimate of drug-likeness (QED) is 0.529. The molecule has 0 aliphatic heterocycles. The molecule has 0 atom stereocenters. The van der Waals surface area contributed by atoms with Gasteiger partial charge in [-0.1, -0.05) is 12.1 Å². The lowest BCUT2D eigenvalue weighted by atomic mass is 10.2. The number of nitrogens with one attached hydrogen (secondary N) is 1. The Hall–Kier alpha value is -2.01. The third kappa shape index (κ3) is 3.48. The van der Waals surface area contributed by atoms with Crippen LogP contribution in [0, 0.1) is 6.92 Å². The number of rotatable bonds is 4. The molecule has 0 aliphatic rings. The number of thioether (sulfide) groups is 1. The molecule has 0 unspecified atom stereocenters. The molecule has 2 rings (SSSR count). The van der Waals surface area contributed by atoms with Gasteiger partial charge in [-0.05, 0) is 36.9 Å². The van der Waals surface area contributed by atoms with Crippen molar-refractivity contribution in [2.45, 2.75) is 11.8 Å². The van der Waals surface area contributed by atoms with Gasteiger partial charge in [-0.3, -0.25) is 4.79 Å². The Morgan fingerprint density at radius 1 is 1.32 bits per heavy atom. The Kier molecular flexibility index (Phi) is 4.41. The van der Waals surface area contributed by atoms with Crippen LogP contribution in [0.1, 0.15) is 21.7 Å². The highest BCUT2D eigenvalue weighted by Gasteiger charge is 2.09. The first-order valence-electron chi connectivity index (χ1n) is 5.72. The molecule has 0 bridgehead atoms. The van der Waals surface area contributed by atoms with Gasteiger partial charge in [-0.25, -0.2) is 5.43 Å². The van der Waals surface area contributed by atoms with Gasteiger partial charge in [0.25, 0.3) is 5.91 Å². The highest BCUT2D eigenvalue weighted by Crippen LogP contribution is 2.14. The summed E-state index contributed by atoms with van der Waals surface area (Å²) in [6, 6.07) is 9.53. The van der Waals surface area contributed by atoms with Crippen molar-refractivity contribution in [3.8, 4) is 0 Å². The van der Waals surface area contributed by atoms with E-state index >= 15 is 0 Å². The van der Waals surface area contributed by atoms with E-state index in [1.807, 2.05) is 30.5 Å². The summed E-state index contributed by atoms with van der Waals surface area (Å²) in [5.41, 5.74) is 3.90. The van der Waals surface area contributed by atoms with Gasteiger partial charge in [0.2, 0.25) is 0 Å². The van der Waals surface area contributed by atoms with Crippen molar-refractivity contribution in [1.29, 1.82) is 0 Å².